The summed E-state index contributed by atoms with van der Waals surface area (Å²) in [6.45, 7) is 0. The maximum absolute atomic E-state index is 10.7. The maximum atomic E-state index is 10.7. The maximum Gasteiger partial charge on any atom is 0.276 e. The number of nitrogens with zero attached hydrogens (tertiary/aromatic N) is 1. The summed E-state index contributed by atoms with van der Waals surface area (Å²) in [5, 5.41) is 11.2. The van der Waals surface area contributed by atoms with Gasteiger partial charge in [0, 0.05) is 11.8 Å². The number of rotatable bonds is 2. The molecule has 0 heterocycles. The summed E-state index contributed by atoms with van der Waals surface area (Å²) in [7, 11) is 0. The van der Waals surface area contributed by atoms with Crippen LogP contribution in [0.4, 0.5) is 11.4 Å². The highest BCUT2D eigenvalue weighted by atomic mass is 35.5. The molecule has 1 aliphatic rings. The summed E-state index contributed by atoms with van der Waals surface area (Å²) in [5.74, 6) is 0.253. The Morgan fingerprint density at radius 3 is 2.64 bits per heavy atom. The first-order valence-corrected chi connectivity index (χ1v) is 4.70. The van der Waals surface area contributed by atoms with Crippen LogP contribution in [0.15, 0.2) is 12.1 Å². The number of hydrogen-bond acceptors (Lipinski definition) is 3. The Hall–Kier alpha value is -1.29. The number of hydrogen-bond donors (Lipinski definition) is 1. The third-order valence-corrected chi connectivity index (χ3v) is 2.63. The van der Waals surface area contributed by atoms with Crippen LogP contribution in [0.1, 0.15) is 24.3 Å². The molecule has 0 atom stereocenters. The minimum Gasteiger partial charge on any atom is -0.398 e. The van der Waals surface area contributed by atoms with Gasteiger partial charge in [-0.05, 0) is 24.8 Å². The van der Waals surface area contributed by atoms with Crippen molar-refractivity contribution in [1.29, 1.82) is 0 Å². The first kappa shape index (κ1) is 9.27. The van der Waals surface area contributed by atoms with E-state index in [2.05, 4.69) is 0 Å². The zero-order chi connectivity index (χ0) is 10.3. The average molecular weight is 213 g/mol. The molecule has 0 radical (unpaired) electrons. The molecule has 0 bridgehead atoms. The Bertz CT molecular complexity index is 402. The molecule has 14 heavy (non-hydrogen) atoms. The second-order valence-electron chi connectivity index (χ2n) is 3.47. The average Bonchev–Trinajstić information content (AvgIpc) is 2.85. The van der Waals surface area contributed by atoms with E-state index in [9.17, 15) is 10.1 Å². The zero-order valence-corrected chi connectivity index (χ0v) is 8.12. The summed E-state index contributed by atoms with van der Waals surface area (Å²) >= 11 is 5.93. The number of nitro groups is 1. The van der Waals surface area contributed by atoms with E-state index in [1.165, 1.54) is 6.07 Å². The van der Waals surface area contributed by atoms with Gasteiger partial charge in [-0.1, -0.05) is 11.6 Å². The summed E-state index contributed by atoms with van der Waals surface area (Å²) in [5.41, 5.74) is 6.53. The molecule has 4 nitrogen and oxygen atoms in total. The van der Waals surface area contributed by atoms with Gasteiger partial charge in [-0.3, -0.25) is 10.1 Å². The molecule has 1 saturated carbocycles. The fourth-order valence-electron chi connectivity index (χ4n) is 1.55. The van der Waals surface area contributed by atoms with Crippen molar-refractivity contribution in [2.24, 2.45) is 0 Å². The van der Waals surface area contributed by atoms with E-state index < -0.39 is 4.92 Å². The first-order chi connectivity index (χ1) is 6.59. The topological polar surface area (TPSA) is 69.2 Å². The Morgan fingerprint density at radius 2 is 2.14 bits per heavy atom. The molecule has 2 rings (SSSR count). The molecular formula is C9H9ClN2O2. The van der Waals surface area contributed by atoms with Crippen molar-refractivity contribution in [2.45, 2.75) is 18.8 Å². The first-order valence-electron chi connectivity index (χ1n) is 4.33. The van der Waals surface area contributed by atoms with Crippen LogP contribution in [-0.4, -0.2) is 4.92 Å². The predicted molar refractivity (Wildman–Crippen MR) is 54.5 cm³/mol. The van der Waals surface area contributed by atoms with Gasteiger partial charge in [0.1, 0.15) is 0 Å². The van der Waals surface area contributed by atoms with E-state index >= 15 is 0 Å². The minimum absolute atomic E-state index is 0.0532. The molecule has 0 amide bonds. The van der Waals surface area contributed by atoms with Gasteiger partial charge in [0.25, 0.3) is 5.69 Å². The molecule has 1 aromatic carbocycles. The number of halogens is 1. The molecule has 1 aliphatic carbocycles. The van der Waals surface area contributed by atoms with E-state index in [4.69, 9.17) is 17.3 Å². The van der Waals surface area contributed by atoms with Crippen molar-refractivity contribution in [3.63, 3.8) is 0 Å². The minimum atomic E-state index is -0.421. The van der Waals surface area contributed by atoms with Crippen LogP contribution >= 0.6 is 11.6 Å². The van der Waals surface area contributed by atoms with Gasteiger partial charge >= 0.3 is 0 Å². The second kappa shape index (κ2) is 3.13. The molecule has 0 saturated heterocycles. The number of benzene rings is 1. The predicted octanol–water partition coefficient (Wildman–Crippen LogP) is 2.71. The fourth-order valence-corrected chi connectivity index (χ4v) is 1.93. The Balaban J connectivity index is 2.58. The third-order valence-electron chi connectivity index (χ3n) is 2.31. The van der Waals surface area contributed by atoms with Gasteiger partial charge < -0.3 is 5.73 Å². The smallest absolute Gasteiger partial charge is 0.276 e. The van der Waals surface area contributed by atoms with Crippen LogP contribution in [0.25, 0.3) is 0 Å². The van der Waals surface area contributed by atoms with Crippen molar-refractivity contribution in [3.8, 4) is 0 Å². The number of anilines is 1. The quantitative estimate of drug-likeness (QED) is 0.466. The standard InChI is InChI=1S/C9H9ClN2O2/c10-7-3-6(11)4-8(12(13)14)9(7)5-1-2-5/h3-5H,1-2,11H2. The largest absolute Gasteiger partial charge is 0.398 e. The number of nitrogens with two attached hydrogens (primary N) is 1. The Morgan fingerprint density at radius 1 is 1.50 bits per heavy atom. The van der Waals surface area contributed by atoms with Gasteiger partial charge in [0.2, 0.25) is 0 Å². The van der Waals surface area contributed by atoms with Crippen molar-refractivity contribution >= 4 is 23.0 Å². The van der Waals surface area contributed by atoms with Crippen LogP contribution in [-0.2, 0) is 0 Å². The molecule has 1 aromatic rings. The second-order valence-corrected chi connectivity index (χ2v) is 3.87. The molecule has 74 valence electrons. The number of nitro benzene ring substituents is 1. The van der Waals surface area contributed by atoms with E-state index in [0.29, 0.717) is 16.3 Å². The van der Waals surface area contributed by atoms with Crippen molar-refractivity contribution in [3.05, 3.63) is 32.8 Å². The fraction of sp³-hybridized carbons (Fsp3) is 0.333. The van der Waals surface area contributed by atoms with Gasteiger partial charge in [0.15, 0.2) is 0 Å². The SMILES string of the molecule is Nc1cc(Cl)c(C2CC2)c([N+](=O)[O-])c1. The summed E-state index contributed by atoms with van der Waals surface area (Å²) < 4.78 is 0. The van der Waals surface area contributed by atoms with Crippen LogP contribution in [0, 0.1) is 10.1 Å². The lowest BCUT2D eigenvalue weighted by Crippen LogP contribution is -1.97. The molecule has 1 fully saturated rings. The van der Waals surface area contributed by atoms with Crippen LogP contribution in [0.5, 0.6) is 0 Å². The normalized spacial score (nSPS) is 15.5. The molecule has 0 spiro atoms. The Kier molecular flexibility index (Phi) is 2.07. The van der Waals surface area contributed by atoms with Crippen LogP contribution < -0.4 is 5.73 Å². The van der Waals surface area contributed by atoms with E-state index in [1.54, 1.807) is 6.07 Å². The van der Waals surface area contributed by atoms with Gasteiger partial charge in [0.05, 0.1) is 15.5 Å². The van der Waals surface area contributed by atoms with E-state index in [1.807, 2.05) is 0 Å². The molecule has 0 aliphatic heterocycles. The Labute approximate surface area is 85.8 Å². The molecule has 0 unspecified atom stereocenters. The molecule has 2 N–H and O–H groups in total. The van der Waals surface area contributed by atoms with Crippen molar-refractivity contribution < 1.29 is 4.92 Å². The summed E-state index contributed by atoms with van der Waals surface area (Å²) in [6, 6.07) is 2.95. The van der Waals surface area contributed by atoms with Crippen molar-refractivity contribution in [2.75, 3.05) is 5.73 Å². The summed E-state index contributed by atoms with van der Waals surface area (Å²) in [6.07, 6.45) is 1.95. The lowest BCUT2D eigenvalue weighted by molar-refractivity contribution is -0.385. The zero-order valence-electron chi connectivity index (χ0n) is 7.37. The van der Waals surface area contributed by atoms with E-state index in [0.717, 1.165) is 12.8 Å². The third kappa shape index (κ3) is 1.53. The molecule has 0 aromatic heterocycles. The van der Waals surface area contributed by atoms with Gasteiger partial charge in [-0.2, -0.15) is 0 Å². The monoisotopic (exact) mass is 212 g/mol. The highest BCUT2D eigenvalue weighted by molar-refractivity contribution is 6.32. The van der Waals surface area contributed by atoms with Crippen LogP contribution in [0.2, 0.25) is 5.02 Å². The lowest BCUT2D eigenvalue weighted by Gasteiger charge is -2.04. The summed E-state index contributed by atoms with van der Waals surface area (Å²) in [4.78, 5) is 10.3. The number of nitrogen functional groups attached to an aromatic ring is 1. The highest BCUT2D eigenvalue weighted by Gasteiger charge is 2.33. The van der Waals surface area contributed by atoms with Crippen LogP contribution in [0.3, 0.4) is 0 Å². The van der Waals surface area contributed by atoms with Gasteiger partial charge in [-0.25, -0.2) is 0 Å². The van der Waals surface area contributed by atoms with Gasteiger partial charge in [-0.15, -0.1) is 0 Å². The molecular weight excluding hydrogens is 204 g/mol. The lowest BCUT2D eigenvalue weighted by atomic mass is 10.1. The molecule has 5 heteroatoms. The highest BCUT2D eigenvalue weighted by Crippen LogP contribution is 2.47. The van der Waals surface area contributed by atoms with E-state index in [-0.39, 0.29) is 11.6 Å². The van der Waals surface area contributed by atoms with Crippen molar-refractivity contribution in [1.82, 2.24) is 0 Å².